The third-order valence-electron chi connectivity index (χ3n) is 2.79. The molecule has 1 aromatic carbocycles. The van der Waals surface area contributed by atoms with Crippen molar-refractivity contribution in [3.05, 3.63) is 33.9 Å². The predicted molar refractivity (Wildman–Crippen MR) is 83.4 cm³/mol. The minimum atomic E-state index is -0.501. The van der Waals surface area contributed by atoms with Gasteiger partial charge in [0.05, 0.1) is 29.7 Å². The Kier molecular flexibility index (Phi) is 6.39. The van der Waals surface area contributed by atoms with Crippen LogP contribution in [0.15, 0.2) is 18.2 Å². The maximum absolute atomic E-state index is 11.6. The molecule has 1 aromatic rings. The standard InChI is InChI=1S/C13H15N3O5S/c1-8-9(4-3-5-10(8)16(19)20)14-13(22)15-11(17)6-7-12(18)21-2/h3-5H,6-7H2,1-2H3,(H2,14,15,17,22). The fourth-order valence-electron chi connectivity index (χ4n) is 1.62. The van der Waals surface area contributed by atoms with Crippen LogP contribution in [-0.4, -0.2) is 29.0 Å². The second kappa shape index (κ2) is 8.03. The van der Waals surface area contributed by atoms with Gasteiger partial charge in [0.2, 0.25) is 5.91 Å². The Morgan fingerprint density at radius 3 is 2.64 bits per heavy atom. The number of hydrogen-bond donors (Lipinski definition) is 2. The van der Waals surface area contributed by atoms with Gasteiger partial charge in [-0.15, -0.1) is 0 Å². The first-order valence-corrected chi connectivity index (χ1v) is 6.67. The number of esters is 1. The number of hydrogen-bond acceptors (Lipinski definition) is 6. The zero-order valence-corrected chi connectivity index (χ0v) is 12.9. The van der Waals surface area contributed by atoms with E-state index in [1.54, 1.807) is 13.0 Å². The molecule has 118 valence electrons. The number of nitro benzene ring substituents is 1. The van der Waals surface area contributed by atoms with E-state index in [9.17, 15) is 19.7 Å². The second-order valence-electron chi connectivity index (χ2n) is 4.29. The van der Waals surface area contributed by atoms with Crippen LogP contribution in [0.5, 0.6) is 0 Å². The van der Waals surface area contributed by atoms with Gasteiger partial charge in [0, 0.05) is 12.5 Å². The normalized spacial score (nSPS) is 9.73. The Bertz CT molecular complexity index is 618. The van der Waals surface area contributed by atoms with Gasteiger partial charge in [0.15, 0.2) is 5.11 Å². The summed E-state index contributed by atoms with van der Waals surface area (Å²) in [5.41, 5.74) is 0.774. The Morgan fingerprint density at radius 1 is 1.36 bits per heavy atom. The van der Waals surface area contributed by atoms with Crippen molar-refractivity contribution in [2.75, 3.05) is 12.4 Å². The van der Waals surface area contributed by atoms with Gasteiger partial charge < -0.3 is 15.4 Å². The van der Waals surface area contributed by atoms with E-state index in [0.717, 1.165) is 0 Å². The number of amides is 1. The van der Waals surface area contributed by atoms with Crippen LogP contribution < -0.4 is 10.6 Å². The number of rotatable bonds is 5. The molecular weight excluding hydrogens is 310 g/mol. The fraction of sp³-hybridized carbons (Fsp3) is 0.308. The molecule has 0 spiro atoms. The molecule has 0 bridgehead atoms. The minimum Gasteiger partial charge on any atom is -0.469 e. The number of ether oxygens (including phenoxy) is 1. The summed E-state index contributed by atoms with van der Waals surface area (Å²) in [5, 5.41) is 15.9. The molecular formula is C13H15N3O5S. The van der Waals surface area contributed by atoms with Crippen LogP contribution in [0.1, 0.15) is 18.4 Å². The smallest absolute Gasteiger partial charge is 0.306 e. The van der Waals surface area contributed by atoms with Gasteiger partial charge >= 0.3 is 5.97 Å². The average Bonchev–Trinajstić information content (AvgIpc) is 2.46. The van der Waals surface area contributed by atoms with Crippen LogP contribution in [0.25, 0.3) is 0 Å². The molecule has 0 radical (unpaired) electrons. The summed E-state index contributed by atoms with van der Waals surface area (Å²) in [6.07, 6.45) is -0.122. The van der Waals surface area contributed by atoms with Gasteiger partial charge in [-0.1, -0.05) is 6.07 Å². The second-order valence-corrected chi connectivity index (χ2v) is 4.69. The first-order chi connectivity index (χ1) is 10.3. The molecule has 9 heteroatoms. The zero-order valence-electron chi connectivity index (χ0n) is 12.0. The van der Waals surface area contributed by atoms with E-state index in [-0.39, 0.29) is 23.6 Å². The Hall–Kier alpha value is -2.55. The van der Waals surface area contributed by atoms with E-state index >= 15 is 0 Å². The first kappa shape index (κ1) is 17.5. The topological polar surface area (TPSA) is 111 Å². The van der Waals surface area contributed by atoms with E-state index in [1.807, 2.05) is 0 Å². The molecule has 8 nitrogen and oxygen atoms in total. The third-order valence-corrected chi connectivity index (χ3v) is 2.99. The lowest BCUT2D eigenvalue weighted by Gasteiger charge is -2.11. The van der Waals surface area contributed by atoms with Gasteiger partial charge in [-0.25, -0.2) is 0 Å². The summed E-state index contributed by atoms with van der Waals surface area (Å²) in [6, 6.07) is 4.49. The molecule has 0 unspecified atom stereocenters. The summed E-state index contributed by atoms with van der Waals surface area (Å²) in [6.45, 7) is 1.57. The maximum atomic E-state index is 11.6. The lowest BCUT2D eigenvalue weighted by Crippen LogP contribution is -2.34. The quantitative estimate of drug-likeness (QED) is 0.366. The SMILES string of the molecule is COC(=O)CCC(=O)NC(=S)Nc1cccc([N+](=O)[O-])c1C. The highest BCUT2D eigenvalue weighted by Crippen LogP contribution is 2.24. The van der Waals surface area contributed by atoms with Gasteiger partial charge in [-0.3, -0.25) is 19.7 Å². The molecule has 1 amide bonds. The summed E-state index contributed by atoms with van der Waals surface area (Å²) in [5.74, 6) is -0.949. The number of anilines is 1. The van der Waals surface area contributed by atoms with Crippen LogP contribution in [0, 0.1) is 17.0 Å². The number of benzene rings is 1. The lowest BCUT2D eigenvalue weighted by atomic mass is 10.1. The van der Waals surface area contributed by atoms with E-state index in [0.29, 0.717) is 11.3 Å². The summed E-state index contributed by atoms with van der Waals surface area (Å²) in [7, 11) is 1.23. The molecule has 0 heterocycles. The molecule has 0 atom stereocenters. The van der Waals surface area contributed by atoms with Gasteiger partial charge in [0.25, 0.3) is 5.69 Å². The number of carbonyl (C=O) groups is 2. The number of nitrogens with one attached hydrogen (secondary N) is 2. The minimum absolute atomic E-state index is 0.00142. The Balaban J connectivity index is 2.62. The highest BCUT2D eigenvalue weighted by Gasteiger charge is 2.14. The molecule has 0 saturated carbocycles. The third kappa shape index (κ3) is 5.09. The maximum Gasteiger partial charge on any atom is 0.306 e. The number of thiocarbonyl (C=S) groups is 1. The van der Waals surface area contributed by atoms with Crippen molar-refractivity contribution < 1.29 is 19.2 Å². The zero-order chi connectivity index (χ0) is 16.7. The van der Waals surface area contributed by atoms with Crippen molar-refractivity contribution in [2.24, 2.45) is 0 Å². The van der Waals surface area contributed by atoms with Crippen molar-refractivity contribution in [1.82, 2.24) is 5.32 Å². The number of nitro groups is 1. The van der Waals surface area contributed by atoms with Crippen LogP contribution in [0.2, 0.25) is 0 Å². The highest BCUT2D eigenvalue weighted by atomic mass is 32.1. The average molecular weight is 325 g/mol. The molecule has 0 aliphatic carbocycles. The monoisotopic (exact) mass is 325 g/mol. The fourth-order valence-corrected chi connectivity index (χ4v) is 1.84. The summed E-state index contributed by atoms with van der Waals surface area (Å²) >= 11 is 4.96. The number of methoxy groups -OCH3 is 1. The van der Waals surface area contributed by atoms with Crippen LogP contribution in [-0.2, 0) is 14.3 Å². The van der Waals surface area contributed by atoms with Gasteiger partial charge in [-0.2, -0.15) is 0 Å². The van der Waals surface area contributed by atoms with Crippen LogP contribution in [0.3, 0.4) is 0 Å². The molecule has 22 heavy (non-hydrogen) atoms. The first-order valence-electron chi connectivity index (χ1n) is 6.26. The summed E-state index contributed by atoms with van der Waals surface area (Å²) < 4.78 is 4.42. The largest absolute Gasteiger partial charge is 0.469 e. The molecule has 0 saturated heterocycles. The van der Waals surface area contributed by atoms with Crippen molar-refractivity contribution in [2.45, 2.75) is 19.8 Å². The molecule has 2 N–H and O–H groups in total. The van der Waals surface area contributed by atoms with E-state index in [4.69, 9.17) is 12.2 Å². The van der Waals surface area contributed by atoms with Crippen molar-refractivity contribution in [3.63, 3.8) is 0 Å². The lowest BCUT2D eigenvalue weighted by molar-refractivity contribution is -0.385. The molecule has 0 fully saturated rings. The van der Waals surface area contributed by atoms with Gasteiger partial charge in [-0.05, 0) is 25.2 Å². The van der Waals surface area contributed by atoms with Gasteiger partial charge in [0.1, 0.15) is 0 Å². The molecule has 0 aromatic heterocycles. The Morgan fingerprint density at radius 2 is 2.05 bits per heavy atom. The van der Waals surface area contributed by atoms with E-state index in [2.05, 4.69) is 15.4 Å². The molecule has 1 rings (SSSR count). The Labute approximate surface area is 132 Å². The van der Waals surface area contributed by atoms with Crippen molar-refractivity contribution in [1.29, 1.82) is 0 Å². The summed E-state index contributed by atoms with van der Waals surface area (Å²) in [4.78, 5) is 32.8. The van der Waals surface area contributed by atoms with Crippen molar-refractivity contribution in [3.8, 4) is 0 Å². The van der Waals surface area contributed by atoms with Crippen LogP contribution >= 0.6 is 12.2 Å². The van der Waals surface area contributed by atoms with E-state index < -0.39 is 16.8 Å². The van der Waals surface area contributed by atoms with Crippen molar-refractivity contribution >= 4 is 40.6 Å². The number of nitrogens with zero attached hydrogens (tertiary/aromatic N) is 1. The van der Waals surface area contributed by atoms with E-state index in [1.165, 1.54) is 19.2 Å². The highest BCUT2D eigenvalue weighted by molar-refractivity contribution is 7.80. The van der Waals surface area contributed by atoms with Crippen LogP contribution in [0.4, 0.5) is 11.4 Å². The molecule has 0 aliphatic heterocycles. The predicted octanol–water partition coefficient (Wildman–Crippen LogP) is 1.67. The molecule has 0 aliphatic rings. The number of carbonyl (C=O) groups excluding carboxylic acids is 2.